The van der Waals surface area contributed by atoms with E-state index in [1.165, 1.54) is 0 Å². The highest BCUT2D eigenvalue weighted by Gasteiger charge is 2.37. The molecule has 0 saturated carbocycles. The maximum atomic E-state index is 13.0. The van der Waals surface area contributed by atoms with Crippen LogP contribution in [0.15, 0.2) is 36.4 Å². The van der Waals surface area contributed by atoms with Crippen LogP contribution >= 0.6 is 0 Å². The molecular weight excluding hydrogens is 346 g/mol. The van der Waals surface area contributed by atoms with Crippen LogP contribution in [0, 0.1) is 5.92 Å². The van der Waals surface area contributed by atoms with Crippen LogP contribution in [0.2, 0.25) is 0 Å². The SMILES string of the molecule is CCOC(=O)c1ccc(CN2C(=O)C(C(C)C)Oc3ccc(N)nc32)cc1. The van der Waals surface area contributed by atoms with Crippen molar-refractivity contribution in [2.45, 2.75) is 33.4 Å². The Morgan fingerprint density at radius 2 is 1.96 bits per heavy atom. The average molecular weight is 369 g/mol. The summed E-state index contributed by atoms with van der Waals surface area (Å²) in [5.74, 6) is 0.737. The first-order valence-corrected chi connectivity index (χ1v) is 8.91. The van der Waals surface area contributed by atoms with Crippen LogP contribution in [0.3, 0.4) is 0 Å². The molecule has 2 heterocycles. The summed E-state index contributed by atoms with van der Waals surface area (Å²) >= 11 is 0. The van der Waals surface area contributed by atoms with Crippen molar-refractivity contribution in [1.82, 2.24) is 4.98 Å². The van der Waals surface area contributed by atoms with Gasteiger partial charge < -0.3 is 15.2 Å². The minimum absolute atomic E-state index is 0.0110. The molecule has 0 fully saturated rings. The van der Waals surface area contributed by atoms with Crippen molar-refractivity contribution >= 4 is 23.5 Å². The number of hydrogen-bond acceptors (Lipinski definition) is 6. The van der Waals surface area contributed by atoms with E-state index in [-0.39, 0.29) is 17.8 Å². The van der Waals surface area contributed by atoms with Crippen LogP contribution in [0.5, 0.6) is 5.75 Å². The number of ether oxygens (including phenoxy) is 2. The standard InChI is InChI=1S/C20H23N3O4/c1-4-26-20(25)14-7-5-13(6-8-14)11-23-18-15(9-10-16(21)22-18)27-17(12(2)3)19(23)24/h5-10,12,17H,4,11H2,1-3H3,(H2,21,22). The van der Waals surface area contributed by atoms with Gasteiger partial charge in [0, 0.05) is 0 Å². The zero-order valence-electron chi connectivity index (χ0n) is 15.6. The highest BCUT2D eigenvalue weighted by atomic mass is 16.5. The van der Waals surface area contributed by atoms with Gasteiger partial charge >= 0.3 is 5.97 Å². The lowest BCUT2D eigenvalue weighted by Crippen LogP contribution is -2.48. The largest absolute Gasteiger partial charge is 0.476 e. The Morgan fingerprint density at radius 3 is 2.59 bits per heavy atom. The zero-order chi connectivity index (χ0) is 19.6. The summed E-state index contributed by atoms with van der Waals surface area (Å²) in [5.41, 5.74) is 7.13. The van der Waals surface area contributed by atoms with E-state index in [0.717, 1.165) is 5.56 Å². The Labute approximate surface area is 158 Å². The second kappa shape index (κ2) is 7.65. The van der Waals surface area contributed by atoms with Gasteiger partial charge in [0.15, 0.2) is 17.7 Å². The number of aromatic nitrogens is 1. The lowest BCUT2D eigenvalue weighted by atomic mass is 10.0. The first kappa shape index (κ1) is 18.7. The Hall–Kier alpha value is -3.09. The van der Waals surface area contributed by atoms with Crippen LogP contribution in [-0.2, 0) is 16.1 Å². The fourth-order valence-corrected chi connectivity index (χ4v) is 2.90. The summed E-state index contributed by atoms with van der Waals surface area (Å²) < 4.78 is 10.8. The molecule has 1 aliphatic rings. The van der Waals surface area contributed by atoms with Crippen molar-refractivity contribution < 1.29 is 19.1 Å². The Kier molecular flexibility index (Phi) is 5.30. The van der Waals surface area contributed by atoms with E-state index in [9.17, 15) is 9.59 Å². The highest BCUT2D eigenvalue weighted by Crippen LogP contribution is 2.35. The minimum atomic E-state index is -0.582. The third-order valence-electron chi connectivity index (χ3n) is 4.29. The van der Waals surface area contributed by atoms with Gasteiger partial charge in [0.2, 0.25) is 0 Å². The smallest absolute Gasteiger partial charge is 0.338 e. The molecule has 0 aliphatic carbocycles. The van der Waals surface area contributed by atoms with Crippen molar-refractivity contribution in [3.8, 4) is 5.75 Å². The third-order valence-corrected chi connectivity index (χ3v) is 4.29. The van der Waals surface area contributed by atoms with E-state index in [4.69, 9.17) is 15.2 Å². The van der Waals surface area contributed by atoms with Gasteiger partial charge in [-0.1, -0.05) is 26.0 Å². The van der Waals surface area contributed by atoms with Crippen LogP contribution in [0.4, 0.5) is 11.6 Å². The van der Waals surface area contributed by atoms with Crippen LogP contribution in [-0.4, -0.2) is 29.6 Å². The number of fused-ring (bicyclic) bond motifs is 1. The van der Waals surface area contributed by atoms with Crippen LogP contribution in [0.25, 0.3) is 0 Å². The molecule has 27 heavy (non-hydrogen) atoms. The third kappa shape index (κ3) is 3.86. The molecule has 0 bridgehead atoms. The van der Waals surface area contributed by atoms with E-state index in [1.807, 2.05) is 13.8 Å². The number of benzene rings is 1. The molecular formula is C20H23N3O4. The maximum Gasteiger partial charge on any atom is 0.338 e. The molecule has 0 radical (unpaired) electrons. The van der Waals surface area contributed by atoms with Gasteiger partial charge in [-0.25, -0.2) is 9.78 Å². The quantitative estimate of drug-likeness (QED) is 0.815. The molecule has 1 aromatic carbocycles. The Balaban J connectivity index is 1.89. The second-order valence-corrected chi connectivity index (χ2v) is 6.68. The summed E-state index contributed by atoms with van der Waals surface area (Å²) in [7, 11) is 0. The van der Waals surface area contributed by atoms with E-state index in [2.05, 4.69) is 4.98 Å². The Bertz CT molecular complexity index is 849. The molecule has 1 aliphatic heterocycles. The van der Waals surface area contributed by atoms with Crippen molar-refractivity contribution in [2.75, 3.05) is 17.2 Å². The van der Waals surface area contributed by atoms with E-state index in [0.29, 0.717) is 36.1 Å². The first-order valence-electron chi connectivity index (χ1n) is 8.91. The van der Waals surface area contributed by atoms with Crippen molar-refractivity contribution in [1.29, 1.82) is 0 Å². The number of nitrogens with zero attached hydrogens (tertiary/aromatic N) is 2. The van der Waals surface area contributed by atoms with Crippen LogP contribution in [0.1, 0.15) is 36.7 Å². The zero-order valence-corrected chi connectivity index (χ0v) is 15.6. The van der Waals surface area contributed by atoms with Gasteiger partial charge in [0.1, 0.15) is 5.82 Å². The lowest BCUT2D eigenvalue weighted by Gasteiger charge is -2.35. The van der Waals surface area contributed by atoms with Gasteiger partial charge in [-0.2, -0.15) is 0 Å². The van der Waals surface area contributed by atoms with E-state index in [1.54, 1.807) is 48.2 Å². The van der Waals surface area contributed by atoms with E-state index >= 15 is 0 Å². The molecule has 3 rings (SSSR count). The molecule has 2 aromatic rings. The molecule has 7 nitrogen and oxygen atoms in total. The number of rotatable bonds is 5. The topological polar surface area (TPSA) is 94.8 Å². The number of carbonyl (C=O) groups excluding carboxylic acids is 2. The van der Waals surface area contributed by atoms with Gasteiger partial charge in [0.05, 0.1) is 18.7 Å². The monoisotopic (exact) mass is 369 g/mol. The number of pyridine rings is 1. The van der Waals surface area contributed by atoms with Gasteiger partial charge in [-0.15, -0.1) is 0 Å². The predicted octanol–water partition coefficient (Wildman–Crippen LogP) is 2.79. The number of nitrogens with two attached hydrogens (primary N) is 1. The fourth-order valence-electron chi connectivity index (χ4n) is 2.90. The van der Waals surface area contributed by atoms with Gasteiger partial charge in [-0.05, 0) is 42.7 Å². The molecule has 142 valence electrons. The number of carbonyl (C=O) groups is 2. The normalized spacial score (nSPS) is 16.1. The lowest BCUT2D eigenvalue weighted by molar-refractivity contribution is -0.128. The molecule has 1 atom stereocenters. The van der Waals surface area contributed by atoms with E-state index < -0.39 is 6.10 Å². The van der Waals surface area contributed by atoms with Crippen LogP contribution < -0.4 is 15.4 Å². The number of nitrogen functional groups attached to an aromatic ring is 1. The predicted molar refractivity (Wildman–Crippen MR) is 101 cm³/mol. The number of amides is 1. The number of anilines is 2. The molecule has 1 unspecified atom stereocenters. The highest BCUT2D eigenvalue weighted by molar-refractivity contribution is 5.99. The molecule has 2 N–H and O–H groups in total. The van der Waals surface area contributed by atoms with Crippen molar-refractivity contribution in [2.24, 2.45) is 5.92 Å². The van der Waals surface area contributed by atoms with Gasteiger partial charge in [0.25, 0.3) is 5.91 Å². The minimum Gasteiger partial charge on any atom is -0.476 e. The maximum absolute atomic E-state index is 13.0. The molecule has 0 spiro atoms. The summed E-state index contributed by atoms with van der Waals surface area (Å²) in [5, 5.41) is 0. The summed E-state index contributed by atoms with van der Waals surface area (Å²) in [6.07, 6.45) is -0.582. The summed E-state index contributed by atoms with van der Waals surface area (Å²) in [4.78, 5) is 30.6. The van der Waals surface area contributed by atoms with Gasteiger partial charge in [-0.3, -0.25) is 9.69 Å². The van der Waals surface area contributed by atoms with Crippen molar-refractivity contribution in [3.63, 3.8) is 0 Å². The summed E-state index contributed by atoms with van der Waals surface area (Å²) in [6, 6.07) is 10.4. The molecule has 1 amide bonds. The first-order chi connectivity index (χ1) is 12.9. The fraction of sp³-hybridized carbons (Fsp3) is 0.350. The van der Waals surface area contributed by atoms with Crippen molar-refractivity contribution in [3.05, 3.63) is 47.5 Å². The Morgan fingerprint density at radius 1 is 1.26 bits per heavy atom. The molecule has 0 saturated heterocycles. The number of hydrogen-bond donors (Lipinski definition) is 1. The second-order valence-electron chi connectivity index (χ2n) is 6.68. The summed E-state index contributed by atoms with van der Waals surface area (Å²) in [6.45, 7) is 6.26. The molecule has 1 aromatic heterocycles. The number of esters is 1. The average Bonchev–Trinajstić information content (AvgIpc) is 2.64. The molecule has 7 heteroatoms.